The minimum atomic E-state index is -0.393. The molecule has 24 heavy (non-hydrogen) atoms. The second kappa shape index (κ2) is 9.08. The first-order valence-corrected chi connectivity index (χ1v) is 8.82. The van der Waals surface area contributed by atoms with E-state index in [1.165, 1.54) is 0 Å². The number of hydrogen-bond donors (Lipinski definition) is 2. The highest BCUT2D eigenvalue weighted by molar-refractivity contribution is 5.74. The van der Waals surface area contributed by atoms with Crippen LogP contribution in [0.15, 0.2) is 22.8 Å². The predicted octanol–water partition coefficient (Wildman–Crippen LogP) is 2.80. The number of aliphatic hydroxyl groups excluding tert-OH is 1. The summed E-state index contributed by atoms with van der Waals surface area (Å²) in [5.41, 5.74) is 0. The Morgan fingerprint density at radius 3 is 2.88 bits per heavy atom. The molecule has 2 N–H and O–H groups in total. The summed E-state index contributed by atoms with van der Waals surface area (Å²) in [7, 11) is 0. The van der Waals surface area contributed by atoms with Crippen molar-refractivity contribution in [1.29, 1.82) is 0 Å². The summed E-state index contributed by atoms with van der Waals surface area (Å²) >= 11 is 0. The highest BCUT2D eigenvalue weighted by Gasteiger charge is 2.28. The second-order valence-corrected chi connectivity index (χ2v) is 7.04. The van der Waals surface area contributed by atoms with Gasteiger partial charge in [0.15, 0.2) is 0 Å². The highest BCUT2D eigenvalue weighted by atomic mass is 16.5. The monoisotopic (exact) mass is 338 g/mol. The number of nitrogens with one attached hydrogen (secondary N) is 1. The smallest absolute Gasteiger partial charge is 0.318 e. The summed E-state index contributed by atoms with van der Waals surface area (Å²) < 4.78 is 11.1. The van der Waals surface area contributed by atoms with E-state index in [4.69, 9.17) is 9.15 Å². The van der Waals surface area contributed by atoms with Crippen molar-refractivity contribution in [3.63, 3.8) is 0 Å². The molecular weight excluding hydrogens is 308 g/mol. The Hall–Kier alpha value is -1.53. The molecule has 1 fully saturated rings. The van der Waals surface area contributed by atoms with Crippen LogP contribution < -0.4 is 5.32 Å². The zero-order valence-electron chi connectivity index (χ0n) is 14.9. The SMILES string of the molecule is CC(C)COCC(NC(=O)N1CCCC(C(C)O)C1)c1ccco1. The summed E-state index contributed by atoms with van der Waals surface area (Å²) in [6.07, 6.45) is 3.08. The van der Waals surface area contributed by atoms with Crippen LogP contribution in [-0.4, -0.2) is 48.4 Å². The van der Waals surface area contributed by atoms with E-state index >= 15 is 0 Å². The average molecular weight is 338 g/mol. The number of likely N-dealkylation sites (tertiary alicyclic amines) is 1. The second-order valence-electron chi connectivity index (χ2n) is 7.04. The quantitative estimate of drug-likeness (QED) is 0.802. The van der Waals surface area contributed by atoms with Crippen LogP contribution in [0.5, 0.6) is 0 Å². The molecule has 0 bridgehead atoms. The van der Waals surface area contributed by atoms with Crippen molar-refractivity contribution in [3.8, 4) is 0 Å². The number of nitrogens with zero attached hydrogens (tertiary/aromatic N) is 1. The van der Waals surface area contributed by atoms with Crippen LogP contribution in [0.2, 0.25) is 0 Å². The molecule has 2 rings (SSSR count). The normalized spacial score (nSPS) is 20.9. The number of aliphatic hydroxyl groups is 1. The van der Waals surface area contributed by atoms with Crippen LogP contribution in [0.25, 0.3) is 0 Å². The van der Waals surface area contributed by atoms with Gasteiger partial charge in [-0.1, -0.05) is 13.8 Å². The van der Waals surface area contributed by atoms with Gasteiger partial charge in [-0.3, -0.25) is 0 Å². The molecule has 1 aromatic heterocycles. The molecule has 1 aliphatic heterocycles. The number of urea groups is 1. The van der Waals surface area contributed by atoms with E-state index in [1.54, 1.807) is 24.2 Å². The molecule has 0 saturated carbocycles. The van der Waals surface area contributed by atoms with E-state index in [1.807, 2.05) is 6.07 Å². The van der Waals surface area contributed by atoms with Crippen LogP contribution in [-0.2, 0) is 4.74 Å². The fourth-order valence-corrected chi connectivity index (χ4v) is 2.93. The summed E-state index contributed by atoms with van der Waals surface area (Å²) in [4.78, 5) is 14.4. The molecule has 6 nitrogen and oxygen atoms in total. The van der Waals surface area contributed by atoms with Gasteiger partial charge in [0, 0.05) is 25.6 Å². The Morgan fingerprint density at radius 2 is 2.25 bits per heavy atom. The molecular formula is C18H30N2O4. The van der Waals surface area contributed by atoms with Gasteiger partial charge in [-0.25, -0.2) is 4.79 Å². The Kier molecular flexibility index (Phi) is 7.12. The van der Waals surface area contributed by atoms with Gasteiger partial charge in [0.1, 0.15) is 11.8 Å². The molecule has 136 valence electrons. The minimum Gasteiger partial charge on any atom is -0.467 e. The first-order chi connectivity index (χ1) is 11.5. The lowest BCUT2D eigenvalue weighted by Crippen LogP contribution is -2.48. The van der Waals surface area contributed by atoms with Crippen LogP contribution in [0, 0.1) is 11.8 Å². The van der Waals surface area contributed by atoms with Crippen molar-refractivity contribution in [1.82, 2.24) is 10.2 Å². The molecule has 2 heterocycles. The van der Waals surface area contributed by atoms with Gasteiger partial charge in [-0.2, -0.15) is 0 Å². The molecule has 0 aliphatic carbocycles. The number of carbonyl (C=O) groups excluding carboxylic acids is 1. The fourth-order valence-electron chi connectivity index (χ4n) is 2.93. The van der Waals surface area contributed by atoms with Crippen LogP contribution in [0.4, 0.5) is 4.79 Å². The van der Waals surface area contributed by atoms with Crippen LogP contribution in [0.1, 0.15) is 45.4 Å². The number of rotatable bonds is 7. The van der Waals surface area contributed by atoms with Crippen LogP contribution in [0.3, 0.4) is 0 Å². The van der Waals surface area contributed by atoms with Crippen molar-refractivity contribution in [2.45, 2.75) is 45.8 Å². The first-order valence-electron chi connectivity index (χ1n) is 8.82. The molecule has 0 aromatic carbocycles. The standard InChI is InChI=1S/C18H30N2O4/c1-13(2)11-23-12-16(17-7-5-9-24-17)19-18(22)20-8-4-6-15(10-20)14(3)21/h5,7,9,13-16,21H,4,6,8,10-12H2,1-3H3,(H,19,22). The molecule has 6 heteroatoms. The van der Waals surface area contributed by atoms with Gasteiger partial charge >= 0.3 is 6.03 Å². The molecule has 1 saturated heterocycles. The van der Waals surface area contributed by atoms with Crippen molar-refractivity contribution >= 4 is 6.03 Å². The maximum atomic E-state index is 12.6. The van der Waals surface area contributed by atoms with Crippen LogP contribution >= 0.6 is 0 Å². The maximum absolute atomic E-state index is 12.6. The van der Waals surface area contributed by atoms with E-state index in [9.17, 15) is 9.90 Å². The fraction of sp³-hybridized carbons (Fsp3) is 0.722. The van der Waals surface area contributed by atoms with Crippen molar-refractivity contribution in [2.24, 2.45) is 11.8 Å². The summed E-state index contributed by atoms with van der Waals surface area (Å²) in [5, 5.41) is 12.8. The summed E-state index contributed by atoms with van der Waals surface area (Å²) in [5.74, 6) is 1.27. The minimum absolute atomic E-state index is 0.130. The molecule has 1 aliphatic rings. The molecule has 2 amide bonds. The van der Waals surface area contributed by atoms with E-state index in [0.29, 0.717) is 38.0 Å². The zero-order valence-corrected chi connectivity index (χ0v) is 14.9. The van der Waals surface area contributed by atoms with Crippen molar-refractivity contribution in [2.75, 3.05) is 26.3 Å². The van der Waals surface area contributed by atoms with Gasteiger partial charge in [-0.05, 0) is 37.8 Å². The van der Waals surface area contributed by atoms with E-state index < -0.39 is 6.10 Å². The Bertz CT molecular complexity index is 487. The van der Waals surface area contributed by atoms with Crippen molar-refractivity contribution in [3.05, 3.63) is 24.2 Å². The Morgan fingerprint density at radius 1 is 1.46 bits per heavy atom. The zero-order chi connectivity index (χ0) is 17.5. The van der Waals surface area contributed by atoms with Crippen molar-refractivity contribution < 1.29 is 19.1 Å². The van der Waals surface area contributed by atoms with Gasteiger partial charge in [0.05, 0.1) is 19.0 Å². The van der Waals surface area contributed by atoms with E-state index in [-0.39, 0.29) is 18.0 Å². The average Bonchev–Trinajstić information content (AvgIpc) is 3.08. The lowest BCUT2D eigenvalue weighted by atomic mass is 9.94. The Labute approximate surface area is 144 Å². The number of carbonyl (C=O) groups is 1. The maximum Gasteiger partial charge on any atom is 0.318 e. The highest BCUT2D eigenvalue weighted by Crippen LogP contribution is 2.21. The number of amides is 2. The Balaban J connectivity index is 1.93. The summed E-state index contributed by atoms with van der Waals surface area (Å²) in [6.45, 7) is 8.28. The number of piperidine rings is 1. The van der Waals surface area contributed by atoms with Gasteiger partial charge in [0.2, 0.25) is 0 Å². The van der Waals surface area contributed by atoms with Gasteiger partial charge < -0.3 is 24.5 Å². The lowest BCUT2D eigenvalue weighted by Gasteiger charge is -2.35. The molecule has 3 unspecified atom stereocenters. The number of hydrogen-bond acceptors (Lipinski definition) is 4. The largest absolute Gasteiger partial charge is 0.467 e. The number of ether oxygens (including phenoxy) is 1. The lowest BCUT2D eigenvalue weighted by molar-refractivity contribution is 0.0663. The summed E-state index contributed by atoms with van der Waals surface area (Å²) in [6, 6.07) is 3.22. The van der Waals surface area contributed by atoms with E-state index in [0.717, 1.165) is 12.8 Å². The first kappa shape index (κ1) is 18.8. The van der Waals surface area contributed by atoms with E-state index in [2.05, 4.69) is 19.2 Å². The predicted molar refractivity (Wildman–Crippen MR) is 91.6 cm³/mol. The number of furan rings is 1. The third kappa shape index (κ3) is 5.53. The molecule has 3 atom stereocenters. The molecule has 0 spiro atoms. The topological polar surface area (TPSA) is 74.9 Å². The molecule has 0 radical (unpaired) electrons. The third-order valence-electron chi connectivity index (χ3n) is 4.35. The third-order valence-corrected chi connectivity index (χ3v) is 4.35. The molecule has 1 aromatic rings. The van der Waals surface area contributed by atoms with Gasteiger partial charge in [0.25, 0.3) is 0 Å². The van der Waals surface area contributed by atoms with Gasteiger partial charge in [-0.15, -0.1) is 0 Å².